The number of nitrogens with zero attached hydrogens (tertiary/aromatic N) is 1. The van der Waals surface area contributed by atoms with Gasteiger partial charge < -0.3 is 5.73 Å². The molecule has 68 valence electrons. The molecule has 0 saturated carbocycles. The molecule has 0 radical (unpaired) electrons. The van der Waals surface area contributed by atoms with Gasteiger partial charge in [-0.3, -0.25) is 0 Å². The quantitative estimate of drug-likeness (QED) is 0.764. The van der Waals surface area contributed by atoms with Crippen molar-refractivity contribution in [1.82, 2.24) is 0 Å². The summed E-state index contributed by atoms with van der Waals surface area (Å²) < 4.78 is 0. The van der Waals surface area contributed by atoms with Crippen LogP contribution in [0.15, 0.2) is 24.3 Å². The van der Waals surface area contributed by atoms with E-state index in [1.54, 1.807) is 6.07 Å². The molecule has 0 unspecified atom stereocenters. The van der Waals surface area contributed by atoms with Crippen LogP contribution in [-0.2, 0) is 0 Å². The molecule has 1 aromatic carbocycles. The van der Waals surface area contributed by atoms with Crippen LogP contribution in [0.2, 0.25) is 0 Å². The third-order valence-electron chi connectivity index (χ3n) is 2.04. The smallest absolute Gasteiger partial charge is 0.0991 e. The van der Waals surface area contributed by atoms with E-state index in [1.165, 1.54) is 0 Å². The van der Waals surface area contributed by atoms with Gasteiger partial charge in [0.1, 0.15) is 0 Å². The number of nitriles is 1. The first-order valence-corrected chi connectivity index (χ1v) is 4.53. The van der Waals surface area contributed by atoms with Gasteiger partial charge in [-0.25, -0.2) is 0 Å². The maximum Gasteiger partial charge on any atom is 0.0991 e. The zero-order valence-corrected chi connectivity index (χ0v) is 7.83. The molecular formula is C11H14N2. The summed E-state index contributed by atoms with van der Waals surface area (Å²) in [5, 5.41) is 8.68. The Morgan fingerprint density at radius 3 is 2.92 bits per heavy atom. The predicted octanol–water partition coefficient (Wildman–Crippen LogP) is 2.36. The number of hydrogen-bond acceptors (Lipinski definition) is 2. The summed E-state index contributed by atoms with van der Waals surface area (Å²) in [5.41, 5.74) is 7.66. The van der Waals surface area contributed by atoms with Crippen molar-refractivity contribution in [3.05, 3.63) is 35.4 Å². The lowest BCUT2D eigenvalue weighted by Crippen LogP contribution is -2.09. The Bertz CT molecular complexity index is 312. The molecule has 1 atom stereocenters. The molecule has 0 heterocycles. The van der Waals surface area contributed by atoms with Crippen LogP contribution in [0.1, 0.15) is 36.9 Å². The lowest BCUT2D eigenvalue weighted by atomic mass is 10.0. The Balaban J connectivity index is 2.83. The Hall–Kier alpha value is -1.33. The standard InChI is InChI=1S/C11H14N2/c1-2-4-11(13)10-6-3-5-9(7-10)8-12/h3,5-7,11H,2,4,13H2,1H3/t11-/m1/s1. The van der Waals surface area contributed by atoms with Crippen molar-refractivity contribution in [2.24, 2.45) is 5.73 Å². The van der Waals surface area contributed by atoms with E-state index in [4.69, 9.17) is 11.0 Å². The minimum absolute atomic E-state index is 0.0679. The first-order valence-electron chi connectivity index (χ1n) is 4.53. The van der Waals surface area contributed by atoms with Gasteiger partial charge in [-0.05, 0) is 24.1 Å². The molecule has 0 aromatic heterocycles. The second-order valence-electron chi connectivity index (χ2n) is 3.13. The molecule has 0 aliphatic rings. The fourth-order valence-electron chi connectivity index (χ4n) is 1.32. The van der Waals surface area contributed by atoms with E-state index in [0.29, 0.717) is 5.56 Å². The molecule has 2 heteroatoms. The van der Waals surface area contributed by atoms with E-state index in [1.807, 2.05) is 18.2 Å². The summed E-state index contributed by atoms with van der Waals surface area (Å²) in [6.07, 6.45) is 2.03. The van der Waals surface area contributed by atoms with Crippen molar-refractivity contribution in [2.45, 2.75) is 25.8 Å². The summed E-state index contributed by atoms with van der Waals surface area (Å²) in [4.78, 5) is 0. The first-order chi connectivity index (χ1) is 6.27. The molecule has 0 saturated heterocycles. The average Bonchev–Trinajstić information content (AvgIpc) is 2.18. The highest BCUT2D eigenvalue weighted by Crippen LogP contribution is 2.16. The van der Waals surface area contributed by atoms with E-state index in [2.05, 4.69) is 13.0 Å². The van der Waals surface area contributed by atoms with Gasteiger partial charge in [-0.1, -0.05) is 25.5 Å². The maximum absolute atomic E-state index is 8.68. The zero-order valence-electron chi connectivity index (χ0n) is 7.83. The summed E-state index contributed by atoms with van der Waals surface area (Å²) >= 11 is 0. The van der Waals surface area contributed by atoms with Gasteiger partial charge in [0.2, 0.25) is 0 Å². The number of rotatable bonds is 3. The average molecular weight is 174 g/mol. The predicted molar refractivity (Wildman–Crippen MR) is 53.0 cm³/mol. The van der Waals surface area contributed by atoms with Crippen molar-refractivity contribution in [3.8, 4) is 6.07 Å². The van der Waals surface area contributed by atoms with Crippen molar-refractivity contribution >= 4 is 0 Å². The van der Waals surface area contributed by atoms with Gasteiger partial charge in [0, 0.05) is 6.04 Å². The molecule has 0 fully saturated rings. The molecule has 0 aliphatic heterocycles. The summed E-state index contributed by atoms with van der Waals surface area (Å²) in [6.45, 7) is 2.11. The van der Waals surface area contributed by atoms with Crippen molar-refractivity contribution in [1.29, 1.82) is 5.26 Å². The molecule has 2 N–H and O–H groups in total. The largest absolute Gasteiger partial charge is 0.324 e. The molecule has 2 nitrogen and oxygen atoms in total. The van der Waals surface area contributed by atoms with Crippen LogP contribution in [0.25, 0.3) is 0 Å². The normalized spacial score (nSPS) is 12.1. The fraction of sp³-hybridized carbons (Fsp3) is 0.364. The van der Waals surface area contributed by atoms with E-state index < -0.39 is 0 Å². The highest BCUT2D eigenvalue weighted by molar-refractivity contribution is 5.34. The molecule has 0 aliphatic carbocycles. The van der Waals surface area contributed by atoms with E-state index >= 15 is 0 Å². The molecule has 0 bridgehead atoms. The summed E-state index contributed by atoms with van der Waals surface area (Å²) in [6, 6.07) is 9.68. The molecule has 1 rings (SSSR count). The van der Waals surface area contributed by atoms with Gasteiger partial charge >= 0.3 is 0 Å². The third kappa shape index (κ3) is 2.57. The van der Waals surface area contributed by atoms with Crippen LogP contribution < -0.4 is 5.73 Å². The lowest BCUT2D eigenvalue weighted by molar-refractivity contribution is 0.638. The number of hydrogen-bond donors (Lipinski definition) is 1. The Morgan fingerprint density at radius 1 is 1.54 bits per heavy atom. The van der Waals surface area contributed by atoms with E-state index in [-0.39, 0.29) is 6.04 Å². The number of benzene rings is 1. The minimum Gasteiger partial charge on any atom is -0.324 e. The Morgan fingerprint density at radius 2 is 2.31 bits per heavy atom. The molecular weight excluding hydrogens is 160 g/mol. The highest BCUT2D eigenvalue weighted by atomic mass is 14.6. The van der Waals surface area contributed by atoms with Gasteiger partial charge in [0.05, 0.1) is 11.6 Å². The highest BCUT2D eigenvalue weighted by Gasteiger charge is 2.04. The van der Waals surface area contributed by atoms with Crippen LogP contribution in [0, 0.1) is 11.3 Å². The minimum atomic E-state index is 0.0679. The van der Waals surface area contributed by atoms with Gasteiger partial charge in [0.25, 0.3) is 0 Å². The molecule has 1 aromatic rings. The monoisotopic (exact) mass is 174 g/mol. The Labute approximate surface area is 79.0 Å². The lowest BCUT2D eigenvalue weighted by Gasteiger charge is -2.10. The number of nitrogens with two attached hydrogens (primary N) is 1. The second kappa shape index (κ2) is 4.64. The van der Waals surface area contributed by atoms with Crippen LogP contribution in [-0.4, -0.2) is 0 Å². The first kappa shape index (κ1) is 9.76. The molecule has 13 heavy (non-hydrogen) atoms. The fourth-order valence-corrected chi connectivity index (χ4v) is 1.32. The maximum atomic E-state index is 8.68. The van der Waals surface area contributed by atoms with Crippen molar-refractivity contribution in [2.75, 3.05) is 0 Å². The van der Waals surface area contributed by atoms with Gasteiger partial charge in [-0.2, -0.15) is 5.26 Å². The molecule has 0 spiro atoms. The SMILES string of the molecule is CCC[C@@H](N)c1cccc(C#N)c1. The van der Waals surface area contributed by atoms with E-state index in [0.717, 1.165) is 18.4 Å². The topological polar surface area (TPSA) is 49.8 Å². The molecule has 0 amide bonds. The zero-order chi connectivity index (χ0) is 9.68. The summed E-state index contributed by atoms with van der Waals surface area (Å²) in [7, 11) is 0. The van der Waals surface area contributed by atoms with E-state index in [9.17, 15) is 0 Å². The Kier molecular flexibility index (Phi) is 3.48. The van der Waals surface area contributed by atoms with Crippen molar-refractivity contribution < 1.29 is 0 Å². The van der Waals surface area contributed by atoms with Crippen LogP contribution in [0.5, 0.6) is 0 Å². The van der Waals surface area contributed by atoms with Gasteiger partial charge in [-0.15, -0.1) is 0 Å². The van der Waals surface area contributed by atoms with Crippen LogP contribution in [0.3, 0.4) is 0 Å². The van der Waals surface area contributed by atoms with Crippen LogP contribution in [0.4, 0.5) is 0 Å². The summed E-state index contributed by atoms with van der Waals surface area (Å²) in [5.74, 6) is 0. The van der Waals surface area contributed by atoms with Crippen LogP contribution >= 0.6 is 0 Å². The van der Waals surface area contributed by atoms with Gasteiger partial charge in [0.15, 0.2) is 0 Å². The van der Waals surface area contributed by atoms with Crippen molar-refractivity contribution in [3.63, 3.8) is 0 Å². The third-order valence-corrected chi connectivity index (χ3v) is 2.04. The second-order valence-corrected chi connectivity index (χ2v) is 3.13.